The van der Waals surface area contributed by atoms with Gasteiger partial charge in [-0.2, -0.15) is 19.0 Å². The van der Waals surface area contributed by atoms with Crippen LogP contribution in [-0.2, 0) is 19.1 Å². The molecule has 8 nitrogen and oxygen atoms in total. The van der Waals surface area contributed by atoms with Crippen LogP contribution in [0, 0.1) is 19.7 Å². The molecule has 0 saturated heterocycles. The summed E-state index contributed by atoms with van der Waals surface area (Å²) in [5.41, 5.74) is 2.50. The van der Waals surface area contributed by atoms with E-state index in [1.807, 2.05) is 6.92 Å². The Bertz CT molecular complexity index is 1360. The fourth-order valence-electron chi connectivity index (χ4n) is 4.34. The largest absolute Gasteiger partial charge is 0.430 e. The summed E-state index contributed by atoms with van der Waals surface area (Å²) < 4.78 is 47.9. The van der Waals surface area contributed by atoms with Crippen LogP contribution in [0.2, 0.25) is 0 Å². The summed E-state index contributed by atoms with van der Waals surface area (Å²) in [4.78, 5) is 8.56. The number of nitrogens with zero attached hydrogens (tertiary/aromatic N) is 6. The zero-order chi connectivity index (χ0) is 25.5. The smallest absolute Gasteiger partial charge is 0.387 e. The van der Waals surface area contributed by atoms with E-state index in [9.17, 15) is 18.3 Å². The van der Waals surface area contributed by atoms with Gasteiger partial charge < -0.3 is 9.84 Å². The maximum absolute atomic E-state index is 13.4. The van der Waals surface area contributed by atoms with Crippen molar-refractivity contribution in [1.29, 1.82) is 0 Å². The summed E-state index contributed by atoms with van der Waals surface area (Å²) in [5.74, 6) is -0.0975. The summed E-state index contributed by atoms with van der Waals surface area (Å²) in [6.07, 6.45) is 1.42. The molecule has 0 aliphatic carbocycles. The van der Waals surface area contributed by atoms with Crippen molar-refractivity contribution in [3.63, 3.8) is 0 Å². The van der Waals surface area contributed by atoms with Gasteiger partial charge >= 0.3 is 6.61 Å². The Morgan fingerprint density at radius 2 is 1.77 bits per heavy atom. The quantitative estimate of drug-likeness (QED) is 0.420. The highest BCUT2D eigenvalue weighted by Gasteiger charge is 2.27. The van der Waals surface area contributed by atoms with Crippen LogP contribution in [0.3, 0.4) is 0 Å². The molecule has 1 aromatic carbocycles. The molecule has 4 aromatic rings. The fraction of sp³-hybridized carbons (Fsp3) is 0.333. The van der Waals surface area contributed by atoms with Gasteiger partial charge in [-0.3, -0.25) is 4.68 Å². The lowest BCUT2D eigenvalue weighted by atomic mass is 9.96. The van der Waals surface area contributed by atoms with Gasteiger partial charge in [0.15, 0.2) is 11.6 Å². The van der Waals surface area contributed by atoms with E-state index in [2.05, 4.69) is 20.2 Å². The monoisotopic (exact) mass is 486 g/mol. The molecular formula is C24H25F3N6O2. The highest BCUT2D eigenvalue weighted by atomic mass is 19.3. The van der Waals surface area contributed by atoms with Crippen molar-refractivity contribution in [2.75, 3.05) is 0 Å². The number of hydrogen-bond acceptors (Lipinski definition) is 6. The number of aliphatic hydroxyl groups is 1. The molecule has 3 heterocycles. The molecule has 0 atom stereocenters. The van der Waals surface area contributed by atoms with Gasteiger partial charge in [0.25, 0.3) is 0 Å². The number of aromatic nitrogens is 6. The van der Waals surface area contributed by atoms with Crippen molar-refractivity contribution >= 4 is 0 Å². The molecule has 35 heavy (non-hydrogen) atoms. The lowest BCUT2D eigenvalue weighted by Crippen LogP contribution is -2.18. The molecular weight excluding hydrogens is 461 g/mol. The van der Waals surface area contributed by atoms with Gasteiger partial charge in [0.1, 0.15) is 23.5 Å². The lowest BCUT2D eigenvalue weighted by Gasteiger charge is -2.18. The topological polar surface area (TPSA) is 90.9 Å². The molecule has 0 unspecified atom stereocenters. The molecule has 0 aliphatic heterocycles. The number of halogens is 3. The average Bonchev–Trinajstić information content (AvgIpc) is 3.23. The predicted octanol–water partition coefficient (Wildman–Crippen LogP) is 4.24. The summed E-state index contributed by atoms with van der Waals surface area (Å²) in [6.45, 7) is 3.93. The van der Waals surface area contributed by atoms with E-state index in [4.69, 9.17) is 4.74 Å². The second-order valence-electron chi connectivity index (χ2n) is 8.69. The van der Waals surface area contributed by atoms with E-state index in [-0.39, 0.29) is 17.9 Å². The van der Waals surface area contributed by atoms with E-state index in [1.165, 1.54) is 35.3 Å². The Balaban J connectivity index is 1.74. The number of benzene rings is 1. The molecule has 0 fully saturated rings. The Labute approximate surface area is 200 Å². The van der Waals surface area contributed by atoms with Gasteiger partial charge in [0, 0.05) is 36.4 Å². The van der Waals surface area contributed by atoms with Crippen molar-refractivity contribution in [2.45, 2.75) is 46.3 Å². The number of rotatable bonds is 7. The van der Waals surface area contributed by atoms with E-state index in [1.54, 1.807) is 38.6 Å². The Hall–Kier alpha value is -3.73. The van der Waals surface area contributed by atoms with Gasteiger partial charge in [-0.1, -0.05) is 0 Å². The maximum atomic E-state index is 13.4. The minimum atomic E-state index is -3.08. The van der Waals surface area contributed by atoms with Crippen LogP contribution in [0.1, 0.15) is 42.2 Å². The van der Waals surface area contributed by atoms with Crippen LogP contribution in [0.4, 0.5) is 13.2 Å². The molecule has 1 N–H and O–H groups in total. The average molecular weight is 486 g/mol. The summed E-state index contributed by atoms with van der Waals surface area (Å²) >= 11 is 0. The predicted molar refractivity (Wildman–Crippen MR) is 122 cm³/mol. The fourth-order valence-corrected chi connectivity index (χ4v) is 4.34. The van der Waals surface area contributed by atoms with Crippen LogP contribution < -0.4 is 4.74 Å². The number of ether oxygens (including phenoxy) is 1. The number of aryl methyl sites for hydroxylation is 2. The third-order valence-electron chi connectivity index (χ3n) is 5.57. The molecule has 184 valence electrons. The van der Waals surface area contributed by atoms with Crippen LogP contribution in [0.25, 0.3) is 17.1 Å². The minimum absolute atomic E-state index is 0.0737. The zero-order valence-corrected chi connectivity index (χ0v) is 19.9. The first-order chi connectivity index (χ1) is 16.5. The van der Waals surface area contributed by atoms with Gasteiger partial charge in [-0.05, 0) is 52.0 Å². The second-order valence-corrected chi connectivity index (χ2v) is 8.69. The molecule has 0 saturated carbocycles. The SMILES string of the molecule is Cc1nn(-c2cc(Cc3nn(C)c(-c4ccc(F)cc4)c3OC(F)F)ncn2)c(C)c1C(C)(C)O. The molecule has 0 amide bonds. The maximum Gasteiger partial charge on any atom is 0.387 e. The van der Waals surface area contributed by atoms with Gasteiger partial charge in [-0.25, -0.2) is 19.0 Å². The van der Waals surface area contributed by atoms with Crippen molar-refractivity contribution < 1.29 is 23.0 Å². The highest BCUT2D eigenvalue weighted by Crippen LogP contribution is 2.35. The third-order valence-corrected chi connectivity index (χ3v) is 5.57. The van der Waals surface area contributed by atoms with Gasteiger partial charge in [0.05, 0.1) is 17.0 Å². The molecule has 0 aliphatic rings. The van der Waals surface area contributed by atoms with Crippen molar-refractivity contribution in [2.24, 2.45) is 7.05 Å². The Morgan fingerprint density at radius 3 is 2.37 bits per heavy atom. The first-order valence-corrected chi connectivity index (χ1v) is 10.8. The highest BCUT2D eigenvalue weighted by molar-refractivity contribution is 5.68. The molecule has 0 radical (unpaired) electrons. The summed E-state index contributed by atoms with van der Waals surface area (Å²) in [5, 5.41) is 19.4. The summed E-state index contributed by atoms with van der Waals surface area (Å²) in [7, 11) is 1.60. The van der Waals surface area contributed by atoms with Crippen LogP contribution in [0.5, 0.6) is 5.75 Å². The first-order valence-electron chi connectivity index (χ1n) is 10.8. The molecule has 3 aromatic heterocycles. The van der Waals surface area contributed by atoms with Gasteiger partial charge in [0.2, 0.25) is 0 Å². The van der Waals surface area contributed by atoms with E-state index in [0.29, 0.717) is 34.0 Å². The number of alkyl halides is 2. The first kappa shape index (κ1) is 24.4. The normalized spacial score (nSPS) is 11.9. The van der Waals surface area contributed by atoms with Gasteiger partial charge in [-0.15, -0.1) is 0 Å². The molecule has 11 heteroatoms. The second kappa shape index (κ2) is 9.14. The lowest BCUT2D eigenvalue weighted by molar-refractivity contribution is -0.0500. The van der Waals surface area contributed by atoms with Crippen LogP contribution >= 0.6 is 0 Å². The van der Waals surface area contributed by atoms with E-state index >= 15 is 0 Å². The third kappa shape index (κ3) is 4.90. The molecule has 4 rings (SSSR count). The van der Waals surface area contributed by atoms with Crippen molar-refractivity contribution in [3.05, 3.63) is 70.8 Å². The zero-order valence-electron chi connectivity index (χ0n) is 19.9. The van der Waals surface area contributed by atoms with E-state index in [0.717, 1.165) is 5.69 Å². The standard InChI is InChI=1S/C24H25F3N6O2/c1-13-20(24(3,4)34)14(2)33(30-13)19-11-17(28-12-29-19)10-18-22(35-23(26)27)21(32(5)31-18)15-6-8-16(25)9-7-15/h6-9,11-12,23,34H,10H2,1-5H3. The number of hydrogen-bond donors (Lipinski definition) is 1. The Kier molecular flexibility index (Phi) is 6.37. The minimum Gasteiger partial charge on any atom is -0.430 e. The van der Waals surface area contributed by atoms with Crippen LogP contribution in [-0.4, -0.2) is 41.2 Å². The molecule has 0 bridgehead atoms. The molecule has 0 spiro atoms. The summed E-state index contributed by atoms with van der Waals surface area (Å²) in [6, 6.07) is 7.09. The van der Waals surface area contributed by atoms with Crippen molar-refractivity contribution in [3.8, 4) is 22.8 Å². The van der Waals surface area contributed by atoms with E-state index < -0.39 is 18.0 Å². The van der Waals surface area contributed by atoms with Crippen molar-refractivity contribution in [1.82, 2.24) is 29.5 Å². The van der Waals surface area contributed by atoms with Crippen LogP contribution in [0.15, 0.2) is 36.7 Å². The Morgan fingerprint density at radius 1 is 1.09 bits per heavy atom.